The summed E-state index contributed by atoms with van der Waals surface area (Å²) >= 11 is 0. The van der Waals surface area contributed by atoms with Crippen LogP contribution in [0.15, 0.2) is 41.3 Å². The molecule has 11 heteroatoms. The highest BCUT2D eigenvalue weighted by atomic mass is 32.2. The second-order valence-electron chi connectivity index (χ2n) is 7.38. The van der Waals surface area contributed by atoms with Crippen molar-refractivity contribution < 1.29 is 22.7 Å². The summed E-state index contributed by atoms with van der Waals surface area (Å²) in [7, 11) is -3.97. The number of aromatic nitrogens is 1. The van der Waals surface area contributed by atoms with E-state index in [9.17, 15) is 23.3 Å². The molecule has 1 aromatic carbocycles. The summed E-state index contributed by atoms with van der Waals surface area (Å²) in [6.45, 7) is 5.02. The van der Waals surface area contributed by atoms with E-state index in [-0.39, 0.29) is 29.2 Å². The number of hydrogen-bond acceptors (Lipinski definition) is 8. The summed E-state index contributed by atoms with van der Waals surface area (Å²) < 4.78 is 32.1. The van der Waals surface area contributed by atoms with Crippen molar-refractivity contribution in [2.75, 3.05) is 37.7 Å². The van der Waals surface area contributed by atoms with E-state index in [0.717, 1.165) is 0 Å². The van der Waals surface area contributed by atoms with Crippen LogP contribution in [0.25, 0.3) is 0 Å². The van der Waals surface area contributed by atoms with Crippen molar-refractivity contribution in [3.63, 3.8) is 0 Å². The number of nitrogens with zero attached hydrogens (tertiary/aromatic N) is 4. The van der Waals surface area contributed by atoms with Gasteiger partial charge in [-0.2, -0.15) is 5.26 Å². The van der Waals surface area contributed by atoms with Crippen LogP contribution in [0.3, 0.4) is 0 Å². The van der Waals surface area contributed by atoms with Gasteiger partial charge in [0.2, 0.25) is 0 Å². The number of nitrogens with one attached hydrogen (secondary N) is 1. The molecule has 0 unspecified atom stereocenters. The van der Waals surface area contributed by atoms with Crippen molar-refractivity contribution in [2.24, 2.45) is 0 Å². The van der Waals surface area contributed by atoms with Crippen LogP contribution < -0.4 is 9.62 Å². The average molecular weight is 472 g/mol. The molecule has 2 heterocycles. The zero-order chi connectivity index (χ0) is 24.0. The fourth-order valence-electron chi connectivity index (χ4n) is 3.50. The molecule has 1 aromatic heterocycles. The topological polar surface area (TPSA) is 133 Å². The van der Waals surface area contributed by atoms with Gasteiger partial charge in [0.05, 0.1) is 28.3 Å². The predicted molar refractivity (Wildman–Crippen MR) is 120 cm³/mol. The molecule has 1 fully saturated rings. The number of nitriles is 1. The summed E-state index contributed by atoms with van der Waals surface area (Å²) in [6.07, 6.45) is 0.546. The molecule has 1 aliphatic heterocycles. The molecule has 3 rings (SSSR count). The van der Waals surface area contributed by atoms with Crippen LogP contribution in [-0.4, -0.2) is 63.1 Å². The molecule has 0 atom stereocenters. The number of ether oxygens (including phenoxy) is 1. The van der Waals surface area contributed by atoms with Gasteiger partial charge in [-0.3, -0.25) is 0 Å². The van der Waals surface area contributed by atoms with E-state index in [2.05, 4.69) is 15.8 Å². The van der Waals surface area contributed by atoms with Gasteiger partial charge in [0.25, 0.3) is 10.0 Å². The highest BCUT2D eigenvalue weighted by molar-refractivity contribution is 7.90. The molecule has 1 saturated heterocycles. The maximum absolute atomic E-state index is 12.6. The van der Waals surface area contributed by atoms with Gasteiger partial charge >= 0.3 is 12.0 Å². The summed E-state index contributed by atoms with van der Waals surface area (Å²) in [5.74, 6) is -0.119. The summed E-state index contributed by atoms with van der Waals surface area (Å²) in [5.41, 5.74) is 0.905. The normalized spacial score (nSPS) is 14.2. The smallest absolute Gasteiger partial charge is 0.340 e. The number of hydrogen-bond donors (Lipinski definition) is 1. The molecular weight excluding hydrogens is 446 g/mol. The minimum atomic E-state index is -3.97. The average Bonchev–Trinajstić information content (AvgIpc) is 3.06. The minimum absolute atomic E-state index is 0.00910. The molecule has 10 nitrogen and oxygen atoms in total. The Morgan fingerprint density at radius 1 is 1.18 bits per heavy atom. The molecule has 1 N–H and O–H groups in total. The maximum atomic E-state index is 12.6. The third-order valence-corrected chi connectivity index (χ3v) is 6.50. The molecule has 1 aliphatic rings. The lowest BCUT2D eigenvalue weighted by atomic mass is 10.1. The molecule has 2 amide bonds. The number of pyridine rings is 1. The third-order valence-electron chi connectivity index (χ3n) is 5.17. The lowest BCUT2D eigenvalue weighted by Crippen LogP contribution is -2.44. The van der Waals surface area contributed by atoms with Crippen LogP contribution >= 0.6 is 0 Å². The van der Waals surface area contributed by atoms with Gasteiger partial charge in [0.15, 0.2) is 0 Å². The van der Waals surface area contributed by atoms with Crippen LogP contribution in [0, 0.1) is 18.3 Å². The van der Waals surface area contributed by atoms with Crippen molar-refractivity contribution >= 4 is 27.8 Å². The predicted octanol–water partition coefficient (Wildman–Crippen LogP) is 2.05. The highest BCUT2D eigenvalue weighted by Crippen LogP contribution is 2.23. The molecule has 33 heavy (non-hydrogen) atoms. The van der Waals surface area contributed by atoms with Crippen LogP contribution in [0.1, 0.15) is 35.0 Å². The number of rotatable bonds is 5. The van der Waals surface area contributed by atoms with Crippen molar-refractivity contribution in [3.05, 3.63) is 53.2 Å². The fourth-order valence-corrected chi connectivity index (χ4v) is 4.49. The first-order chi connectivity index (χ1) is 15.8. The number of sulfonamides is 1. The molecule has 2 aromatic rings. The summed E-state index contributed by atoms with van der Waals surface area (Å²) in [5, 5.41) is 9.61. The van der Waals surface area contributed by atoms with E-state index < -0.39 is 22.0 Å². The van der Waals surface area contributed by atoms with Crippen LogP contribution in [0.5, 0.6) is 0 Å². The minimum Gasteiger partial charge on any atom is -0.462 e. The number of amides is 2. The Morgan fingerprint density at radius 3 is 2.58 bits per heavy atom. The monoisotopic (exact) mass is 471 g/mol. The number of esters is 1. The highest BCUT2D eigenvalue weighted by Gasteiger charge is 2.26. The Balaban J connectivity index is 1.74. The SMILES string of the molecule is CCOC(=O)c1cc(C#N)c(N2CCCN(C(=O)NS(=O)(=O)c3ccccc3)CC2)nc1C. The first-order valence-electron chi connectivity index (χ1n) is 10.5. The van der Waals surface area contributed by atoms with Crippen molar-refractivity contribution in [1.29, 1.82) is 5.26 Å². The van der Waals surface area contributed by atoms with Crippen molar-refractivity contribution in [1.82, 2.24) is 14.6 Å². The molecule has 174 valence electrons. The van der Waals surface area contributed by atoms with Gasteiger partial charge in [0, 0.05) is 26.2 Å². The maximum Gasteiger partial charge on any atom is 0.340 e. The number of anilines is 1. The first-order valence-corrected chi connectivity index (χ1v) is 12.0. The molecule has 0 saturated carbocycles. The third kappa shape index (κ3) is 5.59. The van der Waals surface area contributed by atoms with Crippen molar-refractivity contribution in [3.8, 4) is 6.07 Å². The van der Waals surface area contributed by atoms with E-state index in [4.69, 9.17) is 4.74 Å². The molecule has 0 spiro atoms. The van der Waals surface area contributed by atoms with Gasteiger partial charge in [0.1, 0.15) is 11.9 Å². The molecule has 0 bridgehead atoms. The van der Waals surface area contributed by atoms with Crippen molar-refractivity contribution in [2.45, 2.75) is 25.2 Å². The van der Waals surface area contributed by atoms with Crippen LogP contribution in [0.2, 0.25) is 0 Å². The zero-order valence-corrected chi connectivity index (χ0v) is 19.3. The Hall–Kier alpha value is -3.65. The van der Waals surface area contributed by atoms with Gasteiger partial charge in [-0.15, -0.1) is 0 Å². The lowest BCUT2D eigenvalue weighted by Gasteiger charge is -2.24. The summed E-state index contributed by atoms with van der Waals surface area (Å²) in [6, 6.07) is 10.5. The second-order valence-corrected chi connectivity index (χ2v) is 9.06. The lowest BCUT2D eigenvalue weighted by molar-refractivity contribution is 0.0525. The summed E-state index contributed by atoms with van der Waals surface area (Å²) in [4.78, 5) is 32.5. The van der Waals surface area contributed by atoms with E-state index >= 15 is 0 Å². The van der Waals surface area contributed by atoms with E-state index in [1.807, 2.05) is 4.90 Å². The Labute approximate surface area is 192 Å². The number of benzene rings is 1. The number of carbonyl (C=O) groups excluding carboxylic acids is 2. The van der Waals surface area contributed by atoms with Gasteiger partial charge in [-0.25, -0.2) is 27.7 Å². The number of aryl methyl sites for hydroxylation is 1. The van der Waals surface area contributed by atoms with Crippen LogP contribution in [0.4, 0.5) is 10.6 Å². The Morgan fingerprint density at radius 2 is 1.91 bits per heavy atom. The van der Waals surface area contributed by atoms with E-state index in [1.54, 1.807) is 32.0 Å². The molecule has 0 radical (unpaired) electrons. The van der Waals surface area contributed by atoms with Gasteiger partial charge in [-0.1, -0.05) is 18.2 Å². The standard InChI is InChI=1S/C22H25N5O5S/c1-3-32-21(28)19-14-17(15-23)20(24-16(19)2)26-10-7-11-27(13-12-26)22(29)25-33(30,31)18-8-5-4-6-9-18/h4-6,8-9,14H,3,7,10-13H2,1-2H3,(H,25,29). The zero-order valence-electron chi connectivity index (χ0n) is 18.4. The second kappa shape index (κ2) is 10.3. The van der Waals surface area contributed by atoms with Gasteiger partial charge in [-0.05, 0) is 38.5 Å². The Kier molecular flexibility index (Phi) is 7.50. The number of carbonyl (C=O) groups is 2. The Bertz CT molecular complexity index is 1180. The molecule has 0 aliphatic carbocycles. The number of urea groups is 1. The van der Waals surface area contributed by atoms with E-state index in [0.29, 0.717) is 37.6 Å². The van der Waals surface area contributed by atoms with E-state index in [1.165, 1.54) is 23.1 Å². The largest absolute Gasteiger partial charge is 0.462 e. The van der Waals surface area contributed by atoms with Crippen LogP contribution in [-0.2, 0) is 14.8 Å². The first kappa shape index (κ1) is 24.0. The molecular formula is C22H25N5O5S. The fraction of sp³-hybridized carbons (Fsp3) is 0.364. The van der Waals surface area contributed by atoms with Gasteiger partial charge < -0.3 is 14.5 Å². The quantitative estimate of drug-likeness (QED) is 0.655.